The third kappa shape index (κ3) is 2.69. The molecule has 1 heterocycles. The van der Waals surface area contributed by atoms with Crippen molar-refractivity contribution in [3.63, 3.8) is 0 Å². The number of anilines is 1. The molecule has 1 saturated carbocycles. The lowest BCUT2D eigenvalue weighted by Crippen LogP contribution is -2.26. The van der Waals surface area contributed by atoms with Gasteiger partial charge in [-0.05, 0) is 30.9 Å². The Kier molecular flexibility index (Phi) is 3.08. The van der Waals surface area contributed by atoms with E-state index in [1.807, 2.05) is 0 Å². The summed E-state index contributed by atoms with van der Waals surface area (Å²) in [6, 6.07) is 2.99. The average molecular weight is 242 g/mol. The number of hydrazine groups is 1. The largest absolute Gasteiger partial charge is 0.308 e. The summed E-state index contributed by atoms with van der Waals surface area (Å²) in [6.07, 6.45) is 3.50. The summed E-state index contributed by atoms with van der Waals surface area (Å²) < 4.78 is 26.1. The van der Waals surface area contributed by atoms with Crippen molar-refractivity contribution >= 4 is 15.8 Å². The second-order valence-electron chi connectivity index (χ2n) is 3.82. The van der Waals surface area contributed by atoms with Crippen molar-refractivity contribution in [2.75, 3.05) is 12.0 Å². The minimum atomic E-state index is -3.42. The van der Waals surface area contributed by atoms with Gasteiger partial charge in [0.05, 0.1) is 0 Å². The minimum Gasteiger partial charge on any atom is -0.308 e. The molecule has 2 rings (SSSR count). The van der Waals surface area contributed by atoms with Crippen LogP contribution in [0.4, 0.5) is 5.82 Å². The molecule has 7 heteroatoms. The predicted molar refractivity (Wildman–Crippen MR) is 60.0 cm³/mol. The van der Waals surface area contributed by atoms with E-state index < -0.39 is 10.0 Å². The fraction of sp³-hybridized carbons (Fsp3) is 0.444. The average Bonchev–Trinajstić information content (AvgIpc) is 3.10. The maximum absolute atomic E-state index is 11.8. The summed E-state index contributed by atoms with van der Waals surface area (Å²) in [5.74, 6) is 6.08. The van der Waals surface area contributed by atoms with Crippen LogP contribution in [-0.4, -0.2) is 19.9 Å². The third-order valence-electron chi connectivity index (χ3n) is 2.45. The molecule has 1 aliphatic carbocycles. The van der Waals surface area contributed by atoms with Crippen LogP contribution in [0, 0.1) is 5.92 Å². The van der Waals surface area contributed by atoms with E-state index in [1.54, 1.807) is 0 Å². The van der Waals surface area contributed by atoms with E-state index in [1.165, 1.54) is 18.3 Å². The van der Waals surface area contributed by atoms with Gasteiger partial charge >= 0.3 is 0 Å². The molecule has 0 atom stereocenters. The molecule has 0 aliphatic heterocycles. The van der Waals surface area contributed by atoms with Crippen molar-refractivity contribution in [2.45, 2.75) is 17.7 Å². The van der Waals surface area contributed by atoms with Gasteiger partial charge in [-0.2, -0.15) is 0 Å². The van der Waals surface area contributed by atoms with Crippen LogP contribution in [-0.2, 0) is 10.0 Å². The normalized spacial score (nSPS) is 16.1. The molecule has 6 nitrogen and oxygen atoms in total. The predicted octanol–water partition coefficient (Wildman–Crippen LogP) is 0.0555. The van der Waals surface area contributed by atoms with Gasteiger partial charge in [-0.15, -0.1) is 0 Å². The number of hydrogen-bond acceptors (Lipinski definition) is 5. The lowest BCUT2D eigenvalue weighted by Gasteiger charge is -2.06. The van der Waals surface area contributed by atoms with Crippen molar-refractivity contribution in [3.05, 3.63) is 18.3 Å². The number of hydrogen-bond donors (Lipinski definition) is 3. The number of nitrogens with two attached hydrogens (primary N) is 1. The molecule has 4 N–H and O–H groups in total. The molecule has 16 heavy (non-hydrogen) atoms. The zero-order valence-corrected chi connectivity index (χ0v) is 9.50. The van der Waals surface area contributed by atoms with Gasteiger partial charge < -0.3 is 5.43 Å². The highest BCUT2D eigenvalue weighted by Crippen LogP contribution is 2.28. The molecule has 0 aromatic carbocycles. The Hall–Kier alpha value is -1.18. The van der Waals surface area contributed by atoms with E-state index >= 15 is 0 Å². The second kappa shape index (κ2) is 4.36. The van der Waals surface area contributed by atoms with Crippen LogP contribution in [0.5, 0.6) is 0 Å². The summed E-state index contributed by atoms with van der Waals surface area (Å²) in [7, 11) is -3.42. The zero-order valence-electron chi connectivity index (χ0n) is 8.68. The van der Waals surface area contributed by atoms with Crippen LogP contribution >= 0.6 is 0 Å². The maximum Gasteiger partial charge on any atom is 0.242 e. The summed E-state index contributed by atoms with van der Waals surface area (Å²) in [4.78, 5) is 4.01. The van der Waals surface area contributed by atoms with Crippen molar-refractivity contribution in [1.82, 2.24) is 9.71 Å². The van der Waals surface area contributed by atoms with E-state index in [0.717, 1.165) is 12.8 Å². The number of aromatic nitrogens is 1. The number of nitrogen functional groups attached to an aromatic ring is 1. The Bertz CT molecular complexity index is 453. The van der Waals surface area contributed by atoms with Crippen LogP contribution < -0.4 is 16.0 Å². The first-order chi connectivity index (χ1) is 7.62. The fourth-order valence-corrected chi connectivity index (χ4v) is 2.32. The summed E-state index contributed by atoms with van der Waals surface area (Å²) >= 11 is 0. The first kappa shape index (κ1) is 11.3. The highest BCUT2D eigenvalue weighted by atomic mass is 32.2. The molecular weight excluding hydrogens is 228 g/mol. The molecule has 0 bridgehead atoms. The molecule has 0 amide bonds. The van der Waals surface area contributed by atoms with E-state index in [-0.39, 0.29) is 4.90 Å². The minimum absolute atomic E-state index is 0.159. The lowest BCUT2D eigenvalue weighted by atomic mass is 10.4. The van der Waals surface area contributed by atoms with Crippen molar-refractivity contribution < 1.29 is 8.42 Å². The summed E-state index contributed by atoms with van der Waals surface area (Å²) in [6.45, 7) is 0.513. The molecule has 0 radical (unpaired) electrons. The molecule has 0 saturated heterocycles. The molecule has 88 valence electrons. The molecular formula is C9H14N4O2S. The van der Waals surface area contributed by atoms with Crippen LogP contribution in [0.1, 0.15) is 12.8 Å². The Labute approximate surface area is 94.3 Å². The van der Waals surface area contributed by atoms with E-state index in [9.17, 15) is 8.42 Å². The van der Waals surface area contributed by atoms with Crippen molar-refractivity contribution in [2.24, 2.45) is 11.8 Å². The highest BCUT2D eigenvalue weighted by molar-refractivity contribution is 7.89. The smallest absolute Gasteiger partial charge is 0.242 e. The SMILES string of the molecule is NNc1ccc(S(=O)(=O)NCC2CC2)cn1. The van der Waals surface area contributed by atoms with Gasteiger partial charge in [-0.3, -0.25) is 0 Å². The van der Waals surface area contributed by atoms with Gasteiger partial charge in [-0.25, -0.2) is 24.0 Å². The molecule has 1 aliphatic rings. The van der Waals surface area contributed by atoms with Crippen LogP contribution in [0.15, 0.2) is 23.2 Å². The third-order valence-corrected chi connectivity index (χ3v) is 3.86. The number of sulfonamides is 1. The summed E-state index contributed by atoms with van der Waals surface area (Å²) in [5.41, 5.74) is 2.34. The van der Waals surface area contributed by atoms with Gasteiger partial charge in [0, 0.05) is 12.7 Å². The monoisotopic (exact) mass is 242 g/mol. The Morgan fingerprint density at radius 2 is 2.19 bits per heavy atom. The molecule has 1 fully saturated rings. The van der Waals surface area contributed by atoms with Gasteiger partial charge in [0.15, 0.2) is 0 Å². The number of nitrogens with zero attached hydrogens (tertiary/aromatic N) is 1. The fourth-order valence-electron chi connectivity index (χ4n) is 1.26. The number of nitrogens with one attached hydrogen (secondary N) is 2. The number of rotatable bonds is 5. The Balaban J connectivity index is 2.07. The van der Waals surface area contributed by atoms with Gasteiger partial charge in [0.1, 0.15) is 10.7 Å². The molecule has 0 spiro atoms. The maximum atomic E-state index is 11.8. The Morgan fingerprint density at radius 3 is 2.69 bits per heavy atom. The van der Waals surface area contributed by atoms with Gasteiger partial charge in [0.25, 0.3) is 0 Å². The standard InChI is InChI=1S/C9H14N4O2S/c10-13-9-4-3-8(6-11-9)16(14,15)12-5-7-1-2-7/h3-4,6-7,12H,1-2,5,10H2,(H,11,13). The quantitative estimate of drug-likeness (QED) is 0.501. The number of pyridine rings is 1. The van der Waals surface area contributed by atoms with E-state index in [0.29, 0.717) is 18.3 Å². The van der Waals surface area contributed by atoms with Gasteiger partial charge in [-0.1, -0.05) is 0 Å². The van der Waals surface area contributed by atoms with Gasteiger partial charge in [0.2, 0.25) is 10.0 Å². The van der Waals surface area contributed by atoms with Crippen molar-refractivity contribution in [3.8, 4) is 0 Å². The topological polar surface area (TPSA) is 97.1 Å². The molecule has 0 unspecified atom stereocenters. The second-order valence-corrected chi connectivity index (χ2v) is 5.59. The Morgan fingerprint density at radius 1 is 1.44 bits per heavy atom. The van der Waals surface area contributed by atoms with Crippen molar-refractivity contribution in [1.29, 1.82) is 0 Å². The zero-order chi connectivity index (χ0) is 11.6. The van der Waals surface area contributed by atoms with Crippen LogP contribution in [0.2, 0.25) is 0 Å². The van der Waals surface area contributed by atoms with Crippen LogP contribution in [0.3, 0.4) is 0 Å². The van der Waals surface area contributed by atoms with Crippen LogP contribution in [0.25, 0.3) is 0 Å². The first-order valence-corrected chi connectivity index (χ1v) is 6.52. The lowest BCUT2D eigenvalue weighted by molar-refractivity contribution is 0.577. The van der Waals surface area contributed by atoms with E-state index in [4.69, 9.17) is 5.84 Å². The summed E-state index contributed by atoms with van der Waals surface area (Å²) in [5, 5.41) is 0. The highest BCUT2D eigenvalue weighted by Gasteiger charge is 2.24. The molecule has 1 aromatic heterocycles. The molecule has 1 aromatic rings. The first-order valence-electron chi connectivity index (χ1n) is 5.04. The van der Waals surface area contributed by atoms with E-state index in [2.05, 4.69) is 15.1 Å².